The summed E-state index contributed by atoms with van der Waals surface area (Å²) in [5.74, 6) is 0.995. The molecule has 0 N–H and O–H groups in total. The average molecular weight is 432 g/mol. The summed E-state index contributed by atoms with van der Waals surface area (Å²) in [4.78, 5) is 28.2. The number of para-hydroxylation sites is 2. The van der Waals surface area contributed by atoms with Crippen LogP contribution < -0.4 is 5.56 Å². The van der Waals surface area contributed by atoms with E-state index in [-0.39, 0.29) is 5.56 Å². The number of hydrogen-bond acceptors (Lipinski definition) is 4. The van der Waals surface area contributed by atoms with Crippen LogP contribution in [0.2, 0.25) is 5.02 Å². The molecule has 5 aromatic rings. The summed E-state index contributed by atoms with van der Waals surface area (Å²) in [6.45, 7) is 7.18. The van der Waals surface area contributed by atoms with E-state index in [1.54, 1.807) is 4.57 Å². The van der Waals surface area contributed by atoms with E-state index in [0.29, 0.717) is 52.1 Å². The Hall–Kier alpha value is -3.25. The van der Waals surface area contributed by atoms with Crippen LogP contribution in [0, 0.1) is 12.8 Å². The van der Waals surface area contributed by atoms with Gasteiger partial charge in [-0.15, -0.1) is 0 Å². The van der Waals surface area contributed by atoms with Crippen molar-refractivity contribution in [2.45, 2.75) is 33.9 Å². The number of aryl methyl sites for hydroxylation is 1. The van der Waals surface area contributed by atoms with Crippen LogP contribution in [-0.2, 0) is 13.1 Å². The molecule has 0 saturated carbocycles. The van der Waals surface area contributed by atoms with Crippen molar-refractivity contribution in [2.24, 2.45) is 5.92 Å². The molecular weight excluding hydrogens is 410 g/mol. The van der Waals surface area contributed by atoms with Crippen LogP contribution in [0.5, 0.6) is 0 Å². The van der Waals surface area contributed by atoms with Crippen molar-refractivity contribution in [1.82, 2.24) is 24.1 Å². The fourth-order valence-electron chi connectivity index (χ4n) is 4.02. The summed E-state index contributed by atoms with van der Waals surface area (Å²) in [6.07, 6.45) is 0. The van der Waals surface area contributed by atoms with Gasteiger partial charge in [0, 0.05) is 11.6 Å². The lowest BCUT2D eigenvalue weighted by Gasteiger charge is -2.12. The van der Waals surface area contributed by atoms with Gasteiger partial charge in [-0.25, -0.2) is 15.0 Å². The van der Waals surface area contributed by atoms with Crippen LogP contribution >= 0.6 is 11.6 Å². The van der Waals surface area contributed by atoms with Gasteiger partial charge in [0.2, 0.25) is 0 Å². The zero-order chi connectivity index (χ0) is 21.7. The number of aromatic nitrogens is 5. The van der Waals surface area contributed by atoms with Crippen molar-refractivity contribution >= 4 is 44.8 Å². The molecule has 6 nitrogen and oxygen atoms in total. The molecule has 3 aromatic heterocycles. The molecule has 0 atom stereocenters. The molecule has 0 aliphatic rings. The van der Waals surface area contributed by atoms with Gasteiger partial charge in [-0.3, -0.25) is 9.36 Å². The van der Waals surface area contributed by atoms with Crippen LogP contribution in [-0.4, -0.2) is 24.1 Å². The summed E-state index contributed by atoms with van der Waals surface area (Å²) in [5, 5.41) is 1.13. The van der Waals surface area contributed by atoms with Crippen LogP contribution in [0.3, 0.4) is 0 Å². The molecule has 2 aromatic carbocycles. The smallest absolute Gasteiger partial charge is 0.265 e. The third-order valence-electron chi connectivity index (χ3n) is 5.48. The van der Waals surface area contributed by atoms with Gasteiger partial charge in [0.15, 0.2) is 11.3 Å². The van der Waals surface area contributed by atoms with Gasteiger partial charge < -0.3 is 4.57 Å². The van der Waals surface area contributed by atoms with Crippen molar-refractivity contribution in [2.75, 3.05) is 0 Å². The van der Waals surface area contributed by atoms with Gasteiger partial charge in [-0.1, -0.05) is 55.8 Å². The maximum Gasteiger partial charge on any atom is 0.265 e. The van der Waals surface area contributed by atoms with Crippen LogP contribution in [0.4, 0.5) is 0 Å². The first-order chi connectivity index (χ1) is 14.9. The van der Waals surface area contributed by atoms with Crippen LogP contribution in [0.1, 0.15) is 25.2 Å². The predicted molar refractivity (Wildman–Crippen MR) is 125 cm³/mol. The minimum Gasteiger partial charge on any atom is -0.308 e. The van der Waals surface area contributed by atoms with E-state index in [1.807, 2.05) is 60.0 Å². The Bertz CT molecular complexity index is 1520. The quantitative estimate of drug-likeness (QED) is 0.403. The standard InChI is InChI=1S/C24H22ClN5O/c1-14(2)12-30-22-20(21-23(30)28-19-11-7-6-10-18(19)27-21)24(31)29(15(3)26-22)13-16-8-4-5-9-17(16)25/h4-11,14H,12-13H2,1-3H3. The van der Waals surface area contributed by atoms with Gasteiger partial charge in [-0.2, -0.15) is 0 Å². The van der Waals surface area contributed by atoms with Gasteiger partial charge in [0.05, 0.1) is 17.6 Å². The molecule has 0 bridgehead atoms. The molecule has 0 fully saturated rings. The lowest BCUT2D eigenvalue weighted by molar-refractivity contribution is 0.539. The molecule has 7 heteroatoms. The molecule has 0 aliphatic heterocycles. The third-order valence-corrected chi connectivity index (χ3v) is 5.84. The van der Waals surface area contributed by atoms with E-state index < -0.39 is 0 Å². The highest BCUT2D eigenvalue weighted by atomic mass is 35.5. The fraction of sp³-hybridized carbons (Fsp3) is 0.250. The predicted octanol–water partition coefficient (Wildman–Crippen LogP) is 4.96. The zero-order valence-electron chi connectivity index (χ0n) is 17.6. The van der Waals surface area contributed by atoms with Crippen molar-refractivity contribution in [3.05, 3.63) is 75.3 Å². The Morgan fingerprint density at radius 3 is 2.29 bits per heavy atom. The summed E-state index contributed by atoms with van der Waals surface area (Å²) < 4.78 is 3.70. The summed E-state index contributed by atoms with van der Waals surface area (Å²) in [7, 11) is 0. The second kappa shape index (κ2) is 7.46. The first-order valence-corrected chi connectivity index (χ1v) is 10.7. The Balaban J connectivity index is 1.85. The van der Waals surface area contributed by atoms with Crippen molar-refractivity contribution in [3.63, 3.8) is 0 Å². The van der Waals surface area contributed by atoms with Crippen molar-refractivity contribution < 1.29 is 0 Å². The minimum atomic E-state index is -0.125. The molecule has 0 amide bonds. The zero-order valence-corrected chi connectivity index (χ0v) is 18.4. The second-order valence-corrected chi connectivity index (χ2v) is 8.64. The average Bonchev–Trinajstić information content (AvgIpc) is 3.02. The normalized spacial score (nSPS) is 11.9. The summed E-state index contributed by atoms with van der Waals surface area (Å²) in [6, 6.07) is 15.3. The SMILES string of the molecule is Cc1nc2c(c(=O)n1Cc1ccccc1Cl)c1nc3ccccc3nc1n2CC(C)C. The van der Waals surface area contributed by atoms with E-state index in [4.69, 9.17) is 26.6 Å². The fourth-order valence-corrected chi connectivity index (χ4v) is 4.21. The summed E-state index contributed by atoms with van der Waals surface area (Å²) in [5.41, 5.74) is 4.24. The minimum absolute atomic E-state index is 0.125. The lowest BCUT2D eigenvalue weighted by Crippen LogP contribution is -2.25. The third kappa shape index (κ3) is 3.27. The van der Waals surface area contributed by atoms with Gasteiger partial charge in [0.25, 0.3) is 5.56 Å². The highest BCUT2D eigenvalue weighted by Crippen LogP contribution is 2.26. The Morgan fingerprint density at radius 2 is 1.58 bits per heavy atom. The largest absolute Gasteiger partial charge is 0.308 e. The summed E-state index contributed by atoms with van der Waals surface area (Å²) >= 11 is 6.36. The number of nitrogens with zero attached hydrogens (tertiary/aromatic N) is 5. The van der Waals surface area contributed by atoms with Gasteiger partial charge in [0.1, 0.15) is 16.7 Å². The van der Waals surface area contributed by atoms with E-state index in [0.717, 1.165) is 16.6 Å². The second-order valence-electron chi connectivity index (χ2n) is 8.23. The monoisotopic (exact) mass is 431 g/mol. The number of hydrogen-bond donors (Lipinski definition) is 0. The Morgan fingerprint density at radius 1 is 0.903 bits per heavy atom. The number of rotatable bonds is 4. The number of halogens is 1. The Kier molecular flexibility index (Phi) is 4.74. The topological polar surface area (TPSA) is 65.6 Å². The van der Waals surface area contributed by atoms with E-state index >= 15 is 0 Å². The first kappa shape index (κ1) is 19.7. The van der Waals surface area contributed by atoms with E-state index in [2.05, 4.69) is 13.8 Å². The van der Waals surface area contributed by atoms with Crippen molar-refractivity contribution in [1.29, 1.82) is 0 Å². The Labute approximate surface area is 184 Å². The molecule has 5 rings (SSSR count). The van der Waals surface area contributed by atoms with Gasteiger partial charge in [-0.05, 0) is 36.6 Å². The molecule has 0 saturated heterocycles. The highest BCUT2D eigenvalue weighted by Gasteiger charge is 2.22. The van der Waals surface area contributed by atoms with Crippen LogP contribution in [0.15, 0.2) is 53.3 Å². The van der Waals surface area contributed by atoms with E-state index in [9.17, 15) is 4.79 Å². The molecule has 0 aliphatic carbocycles. The number of benzene rings is 2. The number of fused-ring (bicyclic) bond motifs is 4. The van der Waals surface area contributed by atoms with Crippen molar-refractivity contribution in [3.8, 4) is 0 Å². The molecule has 0 spiro atoms. The lowest BCUT2D eigenvalue weighted by atomic mass is 10.2. The van der Waals surface area contributed by atoms with Crippen LogP contribution in [0.25, 0.3) is 33.2 Å². The van der Waals surface area contributed by atoms with E-state index in [1.165, 1.54) is 0 Å². The maximum absolute atomic E-state index is 13.7. The molecule has 0 radical (unpaired) electrons. The van der Waals surface area contributed by atoms with Gasteiger partial charge >= 0.3 is 0 Å². The molecule has 156 valence electrons. The maximum atomic E-state index is 13.7. The highest BCUT2D eigenvalue weighted by molar-refractivity contribution is 6.31. The molecule has 31 heavy (non-hydrogen) atoms. The molecular formula is C24H22ClN5O. The molecule has 3 heterocycles. The first-order valence-electron chi connectivity index (χ1n) is 10.3. The molecule has 0 unspecified atom stereocenters.